The number of aryl methyl sites for hydroxylation is 1. The first kappa shape index (κ1) is 14.7. The van der Waals surface area contributed by atoms with Gasteiger partial charge in [-0.3, -0.25) is 9.48 Å². The van der Waals surface area contributed by atoms with Crippen molar-refractivity contribution in [2.45, 2.75) is 50.7 Å². The Bertz CT molecular complexity index is 604. The van der Waals surface area contributed by atoms with Crippen LogP contribution in [-0.2, 0) is 6.54 Å². The number of nitrogens with one attached hydrogen (secondary N) is 1. The zero-order chi connectivity index (χ0) is 15.4. The molecule has 1 aromatic rings. The molecule has 0 spiro atoms. The third-order valence-corrected chi connectivity index (χ3v) is 4.10. The summed E-state index contributed by atoms with van der Waals surface area (Å²) < 4.78 is 1.74. The van der Waals surface area contributed by atoms with Crippen LogP contribution < -0.4 is 5.32 Å². The lowest BCUT2D eigenvalue weighted by molar-refractivity contribution is 0.0947. The third kappa shape index (κ3) is 3.91. The van der Waals surface area contributed by atoms with E-state index in [9.17, 15) is 4.79 Å². The lowest BCUT2D eigenvalue weighted by atomic mass is 10.0. The van der Waals surface area contributed by atoms with Gasteiger partial charge in [0.05, 0.1) is 6.20 Å². The van der Waals surface area contributed by atoms with Crippen LogP contribution in [0.15, 0.2) is 16.4 Å². The SMILES string of the molecule is C#CCCC1(CCNC(=O)c2cn(CCC3CC3)nn2)N=N1. The van der Waals surface area contributed by atoms with E-state index in [2.05, 4.69) is 31.8 Å². The van der Waals surface area contributed by atoms with Gasteiger partial charge in [0.25, 0.3) is 5.91 Å². The average Bonchev–Trinajstić information content (AvgIpc) is 3.44. The number of rotatable bonds is 9. The van der Waals surface area contributed by atoms with Gasteiger partial charge in [0.1, 0.15) is 0 Å². The maximum atomic E-state index is 12.0. The van der Waals surface area contributed by atoms with Crippen molar-refractivity contribution in [1.82, 2.24) is 20.3 Å². The summed E-state index contributed by atoms with van der Waals surface area (Å²) in [4.78, 5) is 12.0. The quantitative estimate of drug-likeness (QED) is 0.705. The lowest BCUT2D eigenvalue weighted by Gasteiger charge is -2.08. The Hall–Kier alpha value is -2.23. The van der Waals surface area contributed by atoms with E-state index in [0.29, 0.717) is 25.1 Å². The van der Waals surface area contributed by atoms with E-state index in [-0.39, 0.29) is 11.6 Å². The highest BCUT2D eigenvalue weighted by Crippen LogP contribution is 2.36. The Morgan fingerprint density at radius 2 is 2.27 bits per heavy atom. The molecule has 0 atom stereocenters. The predicted molar refractivity (Wildman–Crippen MR) is 80.0 cm³/mol. The van der Waals surface area contributed by atoms with Crippen LogP contribution in [-0.4, -0.2) is 33.1 Å². The van der Waals surface area contributed by atoms with E-state index in [1.165, 1.54) is 12.8 Å². The second-order valence-electron chi connectivity index (χ2n) is 5.99. The molecule has 0 aromatic carbocycles. The topological polar surface area (TPSA) is 84.5 Å². The number of nitrogens with zero attached hydrogens (tertiary/aromatic N) is 5. The molecule has 22 heavy (non-hydrogen) atoms. The Kier molecular flexibility index (Phi) is 4.18. The van der Waals surface area contributed by atoms with E-state index >= 15 is 0 Å². The van der Waals surface area contributed by atoms with Crippen molar-refractivity contribution in [2.75, 3.05) is 6.54 Å². The van der Waals surface area contributed by atoms with E-state index in [1.54, 1.807) is 10.9 Å². The largest absolute Gasteiger partial charge is 0.350 e. The highest BCUT2D eigenvalue weighted by atomic mass is 16.2. The molecule has 7 nitrogen and oxygen atoms in total. The molecule has 1 aliphatic heterocycles. The molecule has 1 amide bonds. The first-order chi connectivity index (χ1) is 10.7. The van der Waals surface area contributed by atoms with Crippen LogP contribution in [0.25, 0.3) is 0 Å². The van der Waals surface area contributed by atoms with Crippen LogP contribution in [0.3, 0.4) is 0 Å². The molecule has 0 unspecified atom stereocenters. The van der Waals surface area contributed by atoms with E-state index in [1.807, 2.05) is 0 Å². The fourth-order valence-electron chi connectivity index (χ4n) is 2.37. The molecule has 2 heterocycles. The minimum absolute atomic E-state index is 0.203. The summed E-state index contributed by atoms with van der Waals surface area (Å²) in [6, 6.07) is 0. The van der Waals surface area contributed by atoms with Gasteiger partial charge >= 0.3 is 0 Å². The zero-order valence-corrected chi connectivity index (χ0v) is 12.5. The van der Waals surface area contributed by atoms with Gasteiger partial charge < -0.3 is 5.32 Å². The highest BCUT2D eigenvalue weighted by Gasteiger charge is 2.38. The second kappa shape index (κ2) is 6.26. The molecule has 1 saturated carbocycles. The van der Waals surface area contributed by atoms with Crippen molar-refractivity contribution in [2.24, 2.45) is 16.1 Å². The molecular formula is C15H20N6O. The van der Waals surface area contributed by atoms with Crippen molar-refractivity contribution >= 4 is 5.91 Å². The van der Waals surface area contributed by atoms with Gasteiger partial charge in [-0.15, -0.1) is 17.4 Å². The Morgan fingerprint density at radius 3 is 2.95 bits per heavy atom. The molecule has 1 aromatic heterocycles. The number of carbonyl (C=O) groups excluding carboxylic acids is 1. The molecule has 1 fully saturated rings. The number of amides is 1. The van der Waals surface area contributed by atoms with Crippen molar-refractivity contribution in [3.8, 4) is 12.3 Å². The fourth-order valence-corrected chi connectivity index (χ4v) is 2.37. The summed E-state index contributed by atoms with van der Waals surface area (Å²) in [7, 11) is 0. The number of terminal acetylenes is 1. The van der Waals surface area contributed by atoms with Crippen LogP contribution in [0.5, 0.6) is 0 Å². The molecule has 0 radical (unpaired) electrons. The Morgan fingerprint density at radius 1 is 1.45 bits per heavy atom. The standard InChI is InChI=1S/C15H20N6O/c1-2-3-7-15(18-19-15)8-9-16-14(22)13-11-21(20-17-13)10-6-12-4-5-12/h1,11-12H,3-10H2,(H,16,22). The second-order valence-corrected chi connectivity index (χ2v) is 5.99. The van der Waals surface area contributed by atoms with Crippen LogP contribution in [0.1, 0.15) is 49.0 Å². The lowest BCUT2D eigenvalue weighted by Crippen LogP contribution is -2.28. The van der Waals surface area contributed by atoms with E-state index < -0.39 is 0 Å². The van der Waals surface area contributed by atoms with Crippen molar-refractivity contribution in [1.29, 1.82) is 0 Å². The summed E-state index contributed by atoms with van der Waals surface area (Å²) >= 11 is 0. The Labute approximate surface area is 129 Å². The summed E-state index contributed by atoms with van der Waals surface area (Å²) in [5.74, 6) is 3.22. The predicted octanol–water partition coefficient (Wildman–Crippen LogP) is 1.77. The Balaban J connectivity index is 1.39. The monoisotopic (exact) mass is 300 g/mol. The van der Waals surface area contributed by atoms with Crippen LogP contribution >= 0.6 is 0 Å². The third-order valence-electron chi connectivity index (χ3n) is 4.10. The van der Waals surface area contributed by atoms with Crippen molar-refractivity contribution < 1.29 is 4.79 Å². The van der Waals surface area contributed by atoms with Gasteiger partial charge in [-0.2, -0.15) is 10.2 Å². The van der Waals surface area contributed by atoms with Crippen molar-refractivity contribution in [3.05, 3.63) is 11.9 Å². The van der Waals surface area contributed by atoms with Gasteiger partial charge in [-0.25, -0.2) is 0 Å². The summed E-state index contributed by atoms with van der Waals surface area (Å²) in [6.07, 6.45) is 12.8. The van der Waals surface area contributed by atoms with Crippen molar-refractivity contribution in [3.63, 3.8) is 0 Å². The van der Waals surface area contributed by atoms with E-state index in [4.69, 9.17) is 6.42 Å². The summed E-state index contributed by atoms with van der Waals surface area (Å²) in [5.41, 5.74) is -0.000204. The summed E-state index contributed by atoms with van der Waals surface area (Å²) in [5, 5.41) is 18.8. The van der Waals surface area contributed by atoms with Gasteiger partial charge in [-0.1, -0.05) is 18.1 Å². The molecule has 116 valence electrons. The van der Waals surface area contributed by atoms with Gasteiger partial charge in [0, 0.05) is 32.4 Å². The fraction of sp³-hybridized carbons (Fsp3) is 0.667. The van der Waals surface area contributed by atoms with Crippen LogP contribution in [0.4, 0.5) is 0 Å². The maximum Gasteiger partial charge on any atom is 0.273 e. The average molecular weight is 300 g/mol. The molecule has 1 aliphatic carbocycles. The molecule has 7 heteroatoms. The number of carbonyl (C=O) groups is 1. The number of hydrogen-bond acceptors (Lipinski definition) is 5. The first-order valence-electron chi connectivity index (χ1n) is 7.77. The molecular weight excluding hydrogens is 280 g/mol. The molecule has 0 bridgehead atoms. The smallest absolute Gasteiger partial charge is 0.273 e. The van der Waals surface area contributed by atoms with E-state index in [0.717, 1.165) is 25.3 Å². The number of aromatic nitrogens is 3. The number of hydrogen-bond donors (Lipinski definition) is 1. The van der Waals surface area contributed by atoms with Crippen LogP contribution in [0, 0.1) is 18.3 Å². The van der Waals surface area contributed by atoms with Gasteiger partial charge in [-0.05, 0) is 12.3 Å². The van der Waals surface area contributed by atoms with Gasteiger partial charge in [0.15, 0.2) is 11.4 Å². The minimum Gasteiger partial charge on any atom is -0.350 e. The highest BCUT2D eigenvalue weighted by molar-refractivity contribution is 5.91. The van der Waals surface area contributed by atoms with Gasteiger partial charge in [0.2, 0.25) is 0 Å². The maximum absolute atomic E-state index is 12.0. The normalized spacial score (nSPS) is 18.0. The molecule has 0 saturated heterocycles. The zero-order valence-electron chi connectivity index (χ0n) is 12.5. The first-order valence-corrected chi connectivity index (χ1v) is 7.77. The molecule has 1 N–H and O–H groups in total. The summed E-state index contributed by atoms with van der Waals surface area (Å²) in [6.45, 7) is 1.34. The minimum atomic E-state index is -0.360. The van der Waals surface area contributed by atoms with Crippen LogP contribution in [0.2, 0.25) is 0 Å². The molecule has 3 rings (SSSR count). The molecule has 2 aliphatic rings.